The van der Waals surface area contributed by atoms with Crippen molar-refractivity contribution in [3.05, 3.63) is 28.7 Å². The van der Waals surface area contributed by atoms with Crippen molar-refractivity contribution in [1.82, 2.24) is 13.8 Å². The molecule has 0 aliphatic carbocycles. The Bertz CT molecular complexity index is 1110. The van der Waals surface area contributed by atoms with Gasteiger partial charge >= 0.3 is 5.76 Å². The Morgan fingerprint density at radius 3 is 2.58 bits per heavy atom. The van der Waals surface area contributed by atoms with Gasteiger partial charge in [0.2, 0.25) is 15.9 Å². The van der Waals surface area contributed by atoms with Crippen LogP contribution in [-0.2, 0) is 21.9 Å². The summed E-state index contributed by atoms with van der Waals surface area (Å²) in [6, 6.07) is 4.89. The molecule has 2 fully saturated rings. The molecule has 1 aromatic carbocycles. The van der Waals surface area contributed by atoms with E-state index in [1.807, 2.05) is 0 Å². The minimum Gasteiger partial charge on any atom is -0.408 e. The smallest absolute Gasteiger partial charge is 0.408 e. The van der Waals surface area contributed by atoms with Crippen molar-refractivity contribution in [3.8, 4) is 0 Å². The Kier molecular flexibility index (Phi) is 6.25. The van der Waals surface area contributed by atoms with E-state index in [9.17, 15) is 18.0 Å². The number of aryl methyl sites for hydroxylation is 1. The van der Waals surface area contributed by atoms with E-state index in [1.165, 1.54) is 27.4 Å². The summed E-state index contributed by atoms with van der Waals surface area (Å²) in [5.41, 5.74) is 0.824. The molecular formula is C22H31N3O5S. The zero-order valence-electron chi connectivity index (χ0n) is 18.2. The van der Waals surface area contributed by atoms with Gasteiger partial charge in [-0.05, 0) is 56.6 Å². The molecule has 9 heteroatoms. The number of fused-ring (bicyclic) bond motifs is 1. The number of sulfonamides is 1. The lowest BCUT2D eigenvalue weighted by Crippen LogP contribution is -2.45. The number of benzene rings is 1. The van der Waals surface area contributed by atoms with Crippen LogP contribution in [0.2, 0.25) is 0 Å². The maximum absolute atomic E-state index is 13.1. The number of piperidine rings is 2. The normalized spacial score (nSPS) is 21.6. The lowest BCUT2D eigenvalue weighted by molar-refractivity contribution is -0.136. The highest BCUT2D eigenvalue weighted by atomic mass is 32.2. The van der Waals surface area contributed by atoms with Crippen LogP contribution in [0.25, 0.3) is 11.1 Å². The zero-order valence-corrected chi connectivity index (χ0v) is 19.1. The van der Waals surface area contributed by atoms with Gasteiger partial charge < -0.3 is 9.32 Å². The third-order valence-electron chi connectivity index (χ3n) is 6.86. The minimum absolute atomic E-state index is 0.128. The fourth-order valence-corrected chi connectivity index (χ4v) is 6.38. The van der Waals surface area contributed by atoms with Crippen LogP contribution in [0.3, 0.4) is 0 Å². The van der Waals surface area contributed by atoms with E-state index in [4.69, 9.17) is 4.42 Å². The van der Waals surface area contributed by atoms with Crippen LogP contribution < -0.4 is 5.76 Å². The predicted molar refractivity (Wildman–Crippen MR) is 117 cm³/mol. The number of hydrogen-bond acceptors (Lipinski definition) is 5. The van der Waals surface area contributed by atoms with Gasteiger partial charge in [-0.25, -0.2) is 13.2 Å². The number of hydrogen-bond donors (Lipinski definition) is 0. The molecule has 1 aromatic heterocycles. The minimum atomic E-state index is -3.68. The van der Waals surface area contributed by atoms with E-state index in [0.29, 0.717) is 43.9 Å². The number of oxazole rings is 1. The van der Waals surface area contributed by atoms with E-state index in [-0.39, 0.29) is 22.3 Å². The molecule has 2 saturated heterocycles. The van der Waals surface area contributed by atoms with Crippen molar-refractivity contribution in [1.29, 1.82) is 0 Å². The molecule has 170 valence electrons. The van der Waals surface area contributed by atoms with Crippen LogP contribution in [-0.4, -0.2) is 53.8 Å². The standard InChI is InChI=1S/C22H31N3O5S/c1-3-17-6-4-5-11-25(17)21(26)14-16-9-12-24(13-10-16)31(28,29)18-7-8-19-20(15-18)30-22(27)23(19)2/h7-8,15-17H,3-6,9-14H2,1-2H3/t17-/m0/s1. The van der Waals surface area contributed by atoms with Crippen LogP contribution in [0.4, 0.5) is 0 Å². The van der Waals surface area contributed by atoms with E-state index >= 15 is 0 Å². The Hall–Kier alpha value is -2.13. The zero-order chi connectivity index (χ0) is 22.2. The molecule has 0 N–H and O–H groups in total. The summed E-state index contributed by atoms with van der Waals surface area (Å²) in [7, 11) is -2.09. The second-order valence-corrected chi connectivity index (χ2v) is 10.7. The Morgan fingerprint density at radius 2 is 1.87 bits per heavy atom. The highest BCUT2D eigenvalue weighted by molar-refractivity contribution is 7.89. The van der Waals surface area contributed by atoms with Crippen LogP contribution in [0.15, 0.2) is 32.3 Å². The summed E-state index contributed by atoms with van der Waals surface area (Å²) >= 11 is 0. The summed E-state index contributed by atoms with van der Waals surface area (Å²) in [4.78, 5) is 26.7. The monoisotopic (exact) mass is 449 g/mol. The van der Waals surface area contributed by atoms with Crippen molar-refractivity contribution in [3.63, 3.8) is 0 Å². The molecule has 2 aliphatic heterocycles. The van der Waals surface area contributed by atoms with Crippen LogP contribution in [0.5, 0.6) is 0 Å². The van der Waals surface area contributed by atoms with Crippen molar-refractivity contribution < 1.29 is 17.6 Å². The van der Waals surface area contributed by atoms with Crippen molar-refractivity contribution in [2.45, 2.75) is 62.8 Å². The summed E-state index contributed by atoms with van der Waals surface area (Å²) in [6.07, 6.45) is 6.21. The topological polar surface area (TPSA) is 92.8 Å². The van der Waals surface area contributed by atoms with E-state index in [1.54, 1.807) is 13.1 Å². The van der Waals surface area contributed by atoms with Gasteiger partial charge in [0, 0.05) is 45.2 Å². The highest BCUT2D eigenvalue weighted by Crippen LogP contribution is 2.29. The fraction of sp³-hybridized carbons (Fsp3) is 0.636. The first kappa shape index (κ1) is 22.1. The molecule has 3 heterocycles. The average molecular weight is 450 g/mol. The lowest BCUT2D eigenvalue weighted by Gasteiger charge is -2.37. The molecule has 0 bridgehead atoms. The first-order valence-corrected chi connectivity index (χ1v) is 12.6. The van der Waals surface area contributed by atoms with Gasteiger partial charge in [0.15, 0.2) is 5.58 Å². The third kappa shape index (κ3) is 4.30. The SMILES string of the molecule is CC[C@H]1CCCCN1C(=O)CC1CCN(S(=O)(=O)c2ccc3c(c2)oc(=O)n3C)CC1. The van der Waals surface area contributed by atoms with Crippen LogP contribution >= 0.6 is 0 Å². The second-order valence-electron chi connectivity index (χ2n) is 8.75. The molecule has 2 aromatic rings. The van der Waals surface area contributed by atoms with E-state index in [2.05, 4.69) is 11.8 Å². The number of amides is 1. The Labute approximate surface area is 182 Å². The second kappa shape index (κ2) is 8.78. The molecule has 0 radical (unpaired) electrons. The Balaban J connectivity index is 1.40. The van der Waals surface area contributed by atoms with Gasteiger partial charge in [-0.3, -0.25) is 9.36 Å². The van der Waals surface area contributed by atoms with Gasteiger partial charge in [-0.2, -0.15) is 4.31 Å². The largest absolute Gasteiger partial charge is 0.419 e. The van der Waals surface area contributed by atoms with Gasteiger partial charge in [0.05, 0.1) is 10.4 Å². The van der Waals surface area contributed by atoms with Gasteiger partial charge in [-0.15, -0.1) is 0 Å². The number of carbonyl (C=O) groups excluding carboxylic acids is 1. The number of carbonyl (C=O) groups is 1. The molecule has 1 atom stereocenters. The lowest BCUT2D eigenvalue weighted by atomic mass is 9.92. The maximum Gasteiger partial charge on any atom is 0.419 e. The molecule has 0 saturated carbocycles. The van der Waals surface area contributed by atoms with Crippen LogP contribution in [0, 0.1) is 5.92 Å². The first-order valence-electron chi connectivity index (χ1n) is 11.2. The highest BCUT2D eigenvalue weighted by Gasteiger charge is 2.32. The number of likely N-dealkylation sites (tertiary alicyclic amines) is 1. The first-order chi connectivity index (χ1) is 14.8. The van der Waals surface area contributed by atoms with Crippen molar-refractivity contribution in [2.75, 3.05) is 19.6 Å². The summed E-state index contributed by atoms with van der Waals surface area (Å²) in [5.74, 6) is -0.0838. The fourth-order valence-electron chi connectivity index (χ4n) is 4.90. The maximum atomic E-state index is 13.1. The van der Waals surface area contributed by atoms with Crippen molar-refractivity contribution in [2.24, 2.45) is 13.0 Å². The van der Waals surface area contributed by atoms with Gasteiger partial charge in [0.25, 0.3) is 0 Å². The summed E-state index contributed by atoms with van der Waals surface area (Å²) in [6.45, 7) is 3.78. The number of aromatic nitrogens is 1. The molecule has 2 aliphatic rings. The third-order valence-corrected chi connectivity index (χ3v) is 8.75. The predicted octanol–water partition coefficient (Wildman–Crippen LogP) is 2.71. The van der Waals surface area contributed by atoms with Gasteiger partial charge in [0.1, 0.15) is 0 Å². The van der Waals surface area contributed by atoms with Crippen LogP contribution in [0.1, 0.15) is 51.9 Å². The van der Waals surface area contributed by atoms with E-state index in [0.717, 1.165) is 25.8 Å². The van der Waals surface area contributed by atoms with E-state index < -0.39 is 15.8 Å². The molecule has 4 rings (SSSR count). The Morgan fingerprint density at radius 1 is 1.13 bits per heavy atom. The molecule has 31 heavy (non-hydrogen) atoms. The molecule has 8 nitrogen and oxygen atoms in total. The average Bonchev–Trinajstić information content (AvgIpc) is 3.07. The number of rotatable bonds is 5. The quantitative estimate of drug-likeness (QED) is 0.700. The summed E-state index contributed by atoms with van der Waals surface area (Å²) < 4.78 is 34.2. The molecule has 1 amide bonds. The molecule has 0 spiro atoms. The molecular weight excluding hydrogens is 418 g/mol. The number of nitrogens with zero attached hydrogens (tertiary/aromatic N) is 3. The summed E-state index contributed by atoms with van der Waals surface area (Å²) in [5, 5.41) is 0. The van der Waals surface area contributed by atoms with Crippen molar-refractivity contribution >= 4 is 27.0 Å². The molecule has 0 unspecified atom stereocenters. The van der Waals surface area contributed by atoms with Gasteiger partial charge in [-0.1, -0.05) is 6.92 Å².